The van der Waals surface area contributed by atoms with Gasteiger partial charge in [-0.1, -0.05) is 0 Å². The molecule has 1 fully saturated rings. The van der Waals surface area contributed by atoms with Crippen LogP contribution in [0, 0.1) is 0 Å². The first-order valence-electron chi connectivity index (χ1n) is 6.03. The summed E-state index contributed by atoms with van der Waals surface area (Å²) in [5.41, 5.74) is 0. The monoisotopic (exact) mass is 293 g/mol. The first kappa shape index (κ1) is 15.7. The number of urea groups is 1. The largest absolute Gasteiger partial charge is 0.481 e. The van der Waals surface area contributed by atoms with Gasteiger partial charge in [-0.05, 0) is 19.9 Å². The predicted octanol–water partition coefficient (Wildman–Crippen LogP) is -0.816. The number of carbonyl (C=O) groups excluding carboxylic acids is 1. The number of sulfonamides is 1. The molecule has 0 spiro atoms. The first-order valence-corrected chi connectivity index (χ1v) is 7.68. The van der Waals surface area contributed by atoms with E-state index in [1.807, 2.05) is 0 Å². The van der Waals surface area contributed by atoms with Gasteiger partial charge in [-0.25, -0.2) is 17.9 Å². The number of carbonyl (C=O) groups is 2. The van der Waals surface area contributed by atoms with Gasteiger partial charge in [-0.3, -0.25) is 4.79 Å². The minimum atomic E-state index is -3.35. The van der Waals surface area contributed by atoms with Crippen molar-refractivity contribution in [2.24, 2.45) is 0 Å². The number of rotatable bonds is 8. The van der Waals surface area contributed by atoms with Gasteiger partial charge >= 0.3 is 12.0 Å². The number of carboxylic acid groups (broad SMARTS) is 1. The Bertz CT molecular complexity index is 432. The topological polar surface area (TPSA) is 116 Å². The third kappa shape index (κ3) is 5.88. The summed E-state index contributed by atoms with van der Waals surface area (Å²) in [6.45, 7) is 0.142. The fourth-order valence-electron chi connectivity index (χ4n) is 1.55. The van der Waals surface area contributed by atoms with E-state index in [2.05, 4.69) is 10.0 Å². The Morgan fingerprint density at radius 2 is 2.00 bits per heavy atom. The van der Waals surface area contributed by atoms with Gasteiger partial charge in [0.15, 0.2) is 0 Å². The third-order valence-electron chi connectivity index (χ3n) is 2.77. The van der Waals surface area contributed by atoms with Gasteiger partial charge in [-0.15, -0.1) is 0 Å². The van der Waals surface area contributed by atoms with E-state index < -0.39 is 22.0 Å². The lowest BCUT2D eigenvalue weighted by atomic mass is 10.4. The zero-order valence-corrected chi connectivity index (χ0v) is 11.6. The van der Waals surface area contributed by atoms with Crippen LogP contribution in [0.25, 0.3) is 0 Å². The normalized spacial score (nSPS) is 15.0. The van der Waals surface area contributed by atoms with Crippen molar-refractivity contribution in [1.29, 1.82) is 0 Å². The van der Waals surface area contributed by atoms with Crippen molar-refractivity contribution in [2.75, 3.05) is 25.9 Å². The fourth-order valence-corrected chi connectivity index (χ4v) is 2.12. The average molecular weight is 293 g/mol. The van der Waals surface area contributed by atoms with E-state index in [1.165, 1.54) is 11.9 Å². The fraction of sp³-hybridized carbons (Fsp3) is 0.800. The SMILES string of the molecule is CNS(=O)(=O)CCNC(=O)N(CCC(=O)O)C1CC1. The average Bonchev–Trinajstić information content (AvgIpc) is 3.13. The Kier molecular flexibility index (Phi) is 5.55. The van der Waals surface area contributed by atoms with E-state index in [1.54, 1.807) is 0 Å². The summed E-state index contributed by atoms with van der Waals surface area (Å²) in [7, 11) is -2.04. The predicted molar refractivity (Wildman–Crippen MR) is 68.2 cm³/mol. The molecule has 0 aromatic rings. The highest BCUT2D eigenvalue weighted by atomic mass is 32.2. The third-order valence-corrected chi connectivity index (χ3v) is 4.14. The maximum atomic E-state index is 11.8. The van der Waals surface area contributed by atoms with Crippen molar-refractivity contribution in [3.8, 4) is 0 Å². The van der Waals surface area contributed by atoms with Crippen molar-refractivity contribution in [3.63, 3.8) is 0 Å². The van der Waals surface area contributed by atoms with Crippen molar-refractivity contribution < 1.29 is 23.1 Å². The van der Waals surface area contributed by atoms with Crippen molar-refractivity contribution >= 4 is 22.0 Å². The van der Waals surface area contributed by atoms with Crippen LogP contribution >= 0.6 is 0 Å². The molecular weight excluding hydrogens is 274 g/mol. The number of amides is 2. The molecule has 9 heteroatoms. The zero-order chi connectivity index (χ0) is 14.5. The highest BCUT2D eigenvalue weighted by molar-refractivity contribution is 7.89. The molecule has 2 amide bonds. The molecule has 1 rings (SSSR count). The summed E-state index contributed by atoms with van der Waals surface area (Å²) in [6, 6.07) is -0.324. The number of nitrogens with zero attached hydrogens (tertiary/aromatic N) is 1. The summed E-state index contributed by atoms with van der Waals surface area (Å²) in [4.78, 5) is 23.8. The summed E-state index contributed by atoms with van der Waals surface area (Å²) in [5, 5.41) is 11.1. The Hall–Kier alpha value is -1.35. The van der Waals surface area contributed by atoms with Gasteiger partial charge in [0.25, 0.3) is 0 Å². The van der Waals surface area contributed by atoms with Crippen molar-refractivity contribution in [3.05, 3.63) is 0 Å². The lowest BCUT2D eigenvalue weighted by Crippen LogP contribution is -2.44. The molecule has 19 heavy (non-hydrogen) atoms. The van der Waals surface area contributed by atoms with Gasteiger partial charge in [0.2, 0.25) is 10.0 Å². The van der Waals surface area contributed by atoms with Crippen LogP contribution in [0.4, 0.5) is 4.79 Å². The molecule has 110 valence electrons. The lowest BCUT2D eigenvalue weighted by molar-refractivity contribution is -0.137. The molecule has 1 aliphatic carbocycles. The highest BCUT2D eigenvalue weighted by Gasteiger charge is 2.32. The Labute approximate surface area is 112 Å². The van der Waals surface area contributed by atoms with Crippen molar-refractivity contribution in [2.45, 2.75) is 25.3 Å². The maximum absolute atomic E-state index is 11.8. The van der Waals surface area contributed by atoms with Gasteiger partial charge in [0, 0.05) is 19.1 Å². The number of nitrogens with one attached hydrogen (secondary N) is 2. The minimum Gasteiger partial charge on any atom is -0.481 e. The second-order valence-corrected chi connectivity index (χ2v) is 6.37. The molecule has 0 aromatic carbocycles. The molecule has 0 unspecified atom stereocenters. The molecule has 0 radical (unpaired) electrons. The van der Waals surface area contributed by atoms with E-state index in [4.69, 9.17) is 5.11 Å². The Morgan fingerprint density at radius 1 is 1.37 bits per heavy atom. The molecule has 3 N–H and O–H groups in total. The maximum Gasteiger partial charge on any atom is 0.317 e. The number of hydrogen-bond acceptors (Lipinski definition) is 4. The van der Waals surface area contributed by atoms with Gasteiger partial charge in [0.1, 0.15) is 0 Å². The van der Waals surface area contributed by atoms with Crippen molar-refractivity contribution in [1.82, 2.24) is 14.9 Å². The number of hydrogen-bond donors (Lipinski definition) is 3. The van der Waals surface area contributed by atoms with Crippen LogP contribution < -0.4 is 10.0 Å². The Morgan fingerprint density at radius 3 is 2.47 bits per heavy atom. The molecule has 0 aromatic heterocycles. The lowest BCUT2D eigenvalue weighted by Gasteiger charge is -2.22. The van der Waals surface area contributed by atoms with E-state index in [0.29, 0.717) is 0 Å². The zero-order valence-electron chi connectivity index (χ0n) is 10.8. The van der Waals surface area contributed by atoms with E-state index >= 15 is 0 Å². The van der Waals surface area contributed by atoms with E-state index in [0.717, 1.165) is 12.8 Å². The van der Waals surface area contributed by atoms with Gasteiger partial charge < -0.3 is 15.3 Å². The van der Waals surface area contributed by atoms with Crippen LogP contribution in [0.1, 0.15) is 19.3 Å². The summed E-state index contributed by atoms with van der Waals surface area (Å²) < 4.78 is 24.5. The van der Waals surface area contributed by atoms with Crippen LogP contribution in [0.15, 0.2) is 0 Å². The summed E-state index contributed by atoms with van der Waals surface area (Å²) in [6.07, 6.45) is 1.61. The molecule has 8 nitrogen and oxygen atoms in total. The molecule has 1 saturated carbocycles. The van der Waals surface area contributed by atoms with Crippen LogP contribution in [-0.2, 0) is 14.8 Å². The van der Waals surface area contributed by atoms with Gasteiger partial charge in [-0.2, -0.15) is 0 Å². The molecule has 0 aliphatic heterocycles. The first-order chi connectivity index (χ1) is 8.85. The molecule has 0 saturated heterocycles. The second kappa shape index (κ2) is 6.71. The molecule has 0 heterocycles. The highest BCUT2D eigenvalue weighted by Crippen LogP contribution is 2.26. The second-order valence-electron chi connectivity index (χ2n) is 4.32. The Balaban J connectivity index is 2.38. The molecule has 0 bridgehead atoms. The van der Waals surface area contributed by atoms with Crippen LogP contribution in [0.2, 0.25) is 0 Å². The van der Waals surface area contributed by atoms with Crippen LogP contribution in [0.5, 0.6) is 0 Å². The quantitative estimate of drug-likeness (QED) is 0.541. The molecule has 1 aliphatic rings. The standard InChI is InChI=1S/C10H19N3O5S/c1-11-19(17,18)7-5-12-10(16)13(8-2-3-8)6-4-9(14)15/h8,11H,2-7H2,1H3,(H,12,16)(H,14,15). The van der Waals surface area contributed by atoms with Crippen LogP contribution in [0.3, 0.4) is 0 Å². The van der Waals surface area contributed by atoms with Gasteiger partial charge in [0.05, 0.1) is 12.2 Å². The van der Waals surface area contributed by atoms with E-state index in [9.17, 15) is 18.0 Å². The van der Waals surface area contributed by atoms with E-state index in [-0.39, 0.29) is 31.3 Å². The molecular formula is C10H19N3O5S. The summed E-state index contributed by atoms with van der Waals surface area (Å²) >= 11 is 0. The minimum absolute atomic E-state index is 0.00169. The smallest absolute Gasteiger partial charge is 0.317 e. The molecule has 0 atom stereocenters. The van der Waals surface area contributed by atoms with Crippen LogP contribution in [-0.4, -0.2) is 62.4 Å². The number of carboxylic acids is 1. The number of aliphatic carboxylic acids is 1. The summed E-state index contributed by atoms with van der Waals surface area (Å²) in [5.74, 6) is -1.16.